The normalized spacial score (nSPS) is 18.1. The Kier molecular flexibility index (Phi) is 10.7. The molecule has 1 aliphatic heterocycles. The number of nitrogens with zero attached hydrogens (tertiary/aromatic N) is 2. The van der Waals surface area contributed by atoms with Crippen LogP contribution in [0.15, 0.2) is 63.9 Å². The third-order valence-corrected chi connectivity index (χ3v) is 8.19. The molecular formula is C30H39N5O4S. The van der Waals surface area contributed by atoms with Crippen molar-refractivity contribution in [2.24, 2.45) is 16.6 Å². The first-order valence-electron chi connectivity index (χ1n) is 13.9. The zero-order valence-electron chi connectivity index (χ0n) is 23.2. The van der Waals surface area contributed by atoms with Gasteiger partial charge in [-0.3, -0.25) is 19.4 Å². The summed E-state index contributed by atoms with van der Waals surface area (Å²) in [4.78, 5) is 42.8. The highest BCUT2D eigenvalue weighted by atomic mass is 32.2. The molecule has 0 saturated heterocycles. The number of ether oxygens (including phenoxy) is 1. The number of fused-ring (bicyclic) bond motifs is 2. The fourth-order valence-electron chi connectivity index (χ4n) is 4.82. The molecule has 2 heterocycles. The van der Waals surface area contributed by atoms with Crippen LogP contribution in [0.4, 0.5) is 0 Å². The fraction of sp³-hybridized carbons (Fsp3) is 0.467. The SMILES string of the molecule is CC(C)C(NC(=O)CN)C(=O)n1c(=O)ccc2ccc(OCCCCNCCN=C3C=CCC4SCC=C34)cc21. The lowest BCUT2D eigenvalue weighted by molar-refractivity contribution is -0.120. The van der Waals surface area contributed by atoms with Gasteiger partial charge >= 0.3 is 0 Å². The molecule has 2 aliphatic rings. The van der Waals surface area contributed by atoms with Crippen LogP contribution in [-0.2, 0) is 4.79 Å². The second-order valence-corrected chi connectivity index (χ2v) is 11.5. The Morgan fingerprint density at radius 2 is 2.02 bits per heavy atom. The van der Waals surface area contributed by atoms with Crippen molar-refractivity contribution in [1.82, 2.24) is 15.2 Å². The molecule has 40 heavy (non-hydrogen) atoms. The Hall–Kier alpha value is -3.21. The highest BCUT2D eigenvalue weighted by Crippen LogP contribution is 2.33. The minimum atomic E-state index is -0.877. The van der Waals surface area contributed by atoms with Crippen LogP contribution in [0.3, 0.4) is 0 Å². The molecule has 1 aliphatic carbocycles. The van der Waals surface area contributed by atoms with Crippen LogP contribution in [0.25, 0.3) is 10.9 Å². The van der Waals surface area contributed by atoms with Gasteiger partial charge in [-0.2, -0.15) is 0 Å². The third-order valence-electron chi connectivity index (χ3n) is 6.98. The number of benzene rings is 1. The molecule has 1 aromatic heterocycles. The molecule has 0 bridgehead atoms. The smallest absolute Gasteiger partial charge is 0.257 e. The van der Waals surface area contributed by atoms with E-state index in [9.17, 15) is 14.4 Å². The van der Waals surface area contributed by atoms with Crippen LogP contribution in [-0.4, -0.2) is 71.9 Å². The van der Waals surface area contributed by atoms with Crippen LogP contribution in [0.5, 0.6) is 5.75 Å². The van der Waals surface area contributed by atoms with E-state index in [2.05, 4.69) is 28.9 Å². The van der Waals surface area contributed by atoms with Crippen molar-refractivity contribution in [2.45, 2.75) is 44.4 Å². The molecule has 0 saturated carbocycles. The molecule has 214 valence electrons. The fourth-order valence-corrected chi connectivity index (χ4v) is 5.97. The van der Waals surface area contributed by atoms with Gasteiger partial charge in [0.1, 0.15) is 11.8 Å². The molecule has 0 spiro atoms. The van der Waals surface area contributed by atoms with Gasteiger partial charge in [0.15, 0.2) is 0 Å². The van der Waals surface area contributed by atoms with Crippen LogP contribution in [0, 0.1) is 5.92 Å². The predicted molar refractivity (Wildman–Crippen MR) is 163 cm³/mol. The number of amides is 1. The topological polar surface area (TPSA) is 128 Å². The lowest BCUT2D eigenvalue weighted by Gasteiger charge is -2.22. The van der Waals surface area contributed by atoms with Crippen LogP contribution in [0.2, 0.25) is 0 Å². The number of rotatable bonds is 13. The minimum absolute atomic E-state index is 0.231. The van der Waals surface area contributed by atoms with E-state index >= 15 is 0 Å². The number of thioether (sulfide) groups is 1. The van der Waals surface area contributed by atoms with Gasteiger partial charge in [-0.15, -0.1) is 11.8 Å². The number of allylic oxidation sites excluding steroid dienone is 2. The second-order valence-electron chi connectivity index (χ2n) is 10.3. The maximum Gasteiger partial charge on any atom is 0.257 e. The van der Waals surface area contributed by atoms with Gasteiger partial charge in [-0.1, -0.05) is 26.0 Å². The number of hydrogen-bond donors (Lipinski definition) is 3. The zero-order valence-corrected chi connectivity index (χ0v) is 24.0. The van der Waals surface area contributed by atoms with Crippen LogP contribution < -0.4 is 26.7 Å². The number of nitrogens with two attached hydrogens (primary N) is 1. The first-order valence-corrected chi connectivity index (χ1v) is 15.0. The summed E-state index contributed by atoms with van der Waals surface area (Å²) in [6.45, 7) is 6.37. The molecule has 4 N–H and O–H groups in total. The van der Waals surface area contributed by atoms with Crippen LogP contribution in [0.1, 0.15) is 37.9 Å². The van der Waals surface area contributed by atoms with E-state index in [0.29, 0.717) is 23.1 Å². The summed E-state index contributed by atoms with van der Waals surface area (Å²) in [6, 6.07) is 7.52. The predicted octanol–water partition coefficient (Wildman–Crippen LogP) is 2.93. The summed E-state index contributed by atoms with van der Waals surface area (Å²) < 4.78 is 7.06. The molecular weight excluding hydrogens is 526 g/mol. The van der Waals surface area contributed by atoms with Crippen molar-refractivity contribution in [3.8, 4) is 5.75 Å². The van der Waals surface area contributed by atoms with Crippen molar-refractivity contribution >= 4 is 40.2 Å². The van der Waals surface area contributed by atoms with Crippen molar-refractivity contribution < 1.29 is 14.3 Å². The van der Waals surface area contributed by atoms with Gasteiger partial charge in [-0.05, 0) is 67.0 Å². The van der Waals surface area contributed by atoms with E-state index in [1.807, 2.05) is 37.7 Å². The second kappa shape index (κ2) is 14.4. The van der Waals surface area contributed by atoms with Gasteiger partial charge in [0.25, 0.3) is 11.5 Å². The quantitative estimate of drug-likeness (QED) is 0.319. The largest absolute Gasteiger partial charge is 0.494 e. The summed E-state index contributed by atoms with van der Waals surface area (Å²) in [6.07, 6.45) is 9.60. The summed E-state index contributed by atoms with van der Waals surface area (Å²) in [5.41, 5.74) is 7.94. The average Bonchev–Trinajstić information content (AvgIpc) is 3.44. The molecule has 9 nitrogen and oxygen atoms in total. The summed E-state index contributed by atoms with van der Waals surface area (Å²) in [7, 11) is 0. The van der Waals surface area contributed by atoms with E-state index in [-0.39, 0.29) is 12.5 Å². The molecule has 0 radical (unpaired) electrons. The molecule has 0 fully saturated rings. The molecule has 1 amide bonds. The van der Waals surface area contributed by atoms with E-state index in [1.54, 1.807) is 12.1 Å². The van der Waals surface area contributed by atoms with E-state index in [1.165, 1.54) is 11.6 Å². The third kappa shape index (κ3) is 7.50. The summed E-state index contributed by atoms with van der Waals surface area (Å²) in [5, 5.41) is 7.40. The van der Waals surface area contributed by atoms with E-state index in [0.717, 1.165) is 60.3 Å². The molecule has 4 rings (SSSR count). The minimum Gasteiger partial charge on any atom is -0.494 e. The first kappa shape index (κ1) is 29.8. The number of carbonyl (C=O) groups is 2. The Labute approximate surface area is 239 Å². The van der Waals surface area contributed by atoms with E-state index < -0.39 is 23.4 Å². The Morgan fingerprint density at radius 3 is 2.83 bits per heavy atom. The van der Waals surface area contributed by atoms with Gasteiger partial charge in [0.2, 0.25) is 5.91 Å². The maximum absolute atomic E-state index is 13.4. The Bertz CT molecular complexity index is 1360. The van der Waals surface area contributed by atoms with Crippen molar-refractivity contribution in [2.75, 3.05) is 38.5 Å². The van der Waals surface area contributed by atoms with Gasteiger partial charge in [-0.25, -0.2) is 4.57 Å². The van der Waals surface area contributed by atoms with Gasteiger partial charge < -0.3 is 21.1 Å². The van der Waals surface area contributed by atoms with Gasteiger partial charge in [0, 0.05) is 29.7 Å². The number of aromatic nitrogens is 1. The average molecular weight is 566 g/mol. The van der Waals surface area contributed by atoms with Crippen molar-refractivity contribution in [3.63, 3.8) is 0 Å². The summed E-state index contributed by atoms with van der Waals surface area (Å²) >= 11 is 1.99. The standard InChI is InChI=1S/C30H39N5O4S/c1-20(2)29(34-27(36)19-31)30(38)35-25-18-22(10-8-21(25)9-11-28(35)37)39-16-4-3-13-32-14-15-33-24-6-5-7-26-23(24)12-17-40-26/h5-6,8-12,18,20,26,29,32H,3-4,7,13-17,19,31H2,1-2H3,(H,34,36). The maximum atomic E-state index is 13.4. The number of nitrogens with one attached hydrogen (secondary N) is 2. The zero-order chi connectivity index (χ0) is 28.5. The number of aliphatic imine (C=N–C) groups is 1. The van der Waals surface area contributed by atoms with Crippen molar-refractivity contribution in [1.29, 1.82) is 0 Å². The molecule has 1 aromatic carbocycles. The number of pyridine rings is 1. The first-order chi connectivity index (χ1) is 19.4. The van der Waals surface area contributed by atoms with Crippen LogP contribution >= 0.6 is 11.8 Å². The van der Waals surface area contributed by atoms with E-state index in [4.69, 9.17) is 15.5 Å². The lowest BCUT2D eigenvalue weighted by Crippen LogP contribution is -2.50. The highest BCUT2D eigenvalue weighted by Gasteiger charge is 2.27. The number of carbonyl (C=O) groups excluding carboxylic acids is 2. The van der Waals surface area contributed by atoms with Gasteiger partial charge in [0.05, 0.1) is 30.9 Å². The Morgan fingerprint density at radius 1 is 1.20 bits per heavy atom. The monoisotopic (exact) mass is 565 g/mol. The molecule has 2 aromatic rings. The number of unbranched alkanes of at least 4 members (excludes halogenated alkanes) is 1. The molecule has 2 unspecified atom stereocenters. The number of hydrogen-bond acceptors (Lipinski definition) is 8. The Balaban J connectivity index is 1.27. The van der Waals surface area contributed by atoms with Crippen molar-refractivity contribution in [3.05, 3.63) is 64.5 Å². The highest BCUT2D eigenvalue weighted by molar-refractivity contribution is 8.00. The lowest BCUT2D eigenvalue weighted by atomic mass is 9.98. The summed E-state index contributed by atoms with van der Waals surface area (Å²) in [5.74, 6) is 0.483. The molecule has 2 atom stereocenters. The molecule has 10 heteroatoms.